The highest BCUT2D eigenvalue weighted by Crippen LogP contribution is 1.95. The maximum absolute atomic E-state index is 4.22. The van der Waals surface area contributed by atoms with Crippen LogP contribution in [0.2, 0.25) is 0 Å². The van der Waals surface area contributed by atoms with E-state index in [1.54, 1.807) is 0 Å². The van der Waals surface area contributed by atoms with Crippen LogP contribution in [-0.4, -0.2) is 49.6 Å². The summed E-state index contributed by atoms with van der Waals surface area (Å²) >= 11 is 0. The second-order valence-corrected chi connectivity index (χ2v) is 4.67. The third-order valence-corrected chi connectivity index (χ3v) is 3.05. The molecule has 0 aliphatic rings. The van der Waals surface area contributed by atoms with E-state index in [0.29, 0.717) is 12.1 Å². The van der Waals surface area contributed by atoms with Gasteiger partial charge in [0, 0.05) is 32.2 Å². The van der Waals surface area contributed by atoms with Crippen LogP contribution in [0, 0.1) is 0 Å². The van der Waals surface area contributed by atoms with Crippen LogP contribution in [0.25, 0.3) is 0 Å². The molecule has 0 aromatic carbocycles. The van der Waals surface area contributed by atoms with Gasteiger partial charge in [0.05, 0.1) is 0 Å². The van der Waals surface area contributed by atoms with Gasteiger partial charge < -0.3 is 10.6 Å². The van der Waals surface area contributed by atoms with Gasteiger partial charge in [-0.3, -0.25) is 9.89 Å². The number of nitrogens with one attached hydrogen (secondary N) is 2. The lowest BCUT2D eigenvalue weighted by Gasteiger charge is -2.25. The Balaban J connectivity index is 3.92. The topological polar surface area (TPSA) is 39.7 Å². The van der Waals surface area contributed by atoms with Gasteiger partial charge in [-0.25, -0.2) is 0 Å². The van der Waals surface area contributed by atoms with Crippen molar-refractivity contribution in [3.63, 3.8) is 0 Å². The number of guanidine groups is 1. The van der Waals surface area contributed by atoms with Crippen molar-refractivity contribution < 1.29 is 0 Å². The Morgan fingerprint density at radius 2 is 1.88 bits per heavy atom. The number of hydrogen-bond acceptors (Lipinski definition) is 2. The molecule has 0 aliphatic carbocycles. The Morgan fingerprint density at radius 3 is 2.29 bits per heavy atom. The summed E-state index contributed by atoms with van der Waals surface area (Å²) < 4.78 is 0. The number of hydrogen-bond donors (Lipinski definition) is 2. The van der Waals surface area contributed by atoms with Gasteiger partial charge in [0.25, 0.3) is 0 Å². The minimum absolute atomic E-state index is 0.466. The molecule has 0 amide bonds. The third-order valence-electron chi connectivity index (χ3n) is 3.05. The predicted molar refractivity (Wildman–Crippen MR) is 76.6 cm³/mol. The lowest BCUT2D eigenvalue weighted by Crippen LogP contribution is -2.45. The first-order valence-electron chi connectivity index (χ1n) is 6.76. The van der Waals surface area contributed by atoms with E-state index >= 15 is 0 Å². The van der Waals surface area contributed by atoms with E-state index in [-0.39, 0.29) is 0 Å². The van der Waals surface area contributed by atoms with Crippen LogP contribution in [0.5, 0.6) is 0 Å². The van der Waals surface area contributed by atoms with Crippen LogP contribution in [0.15, 0.2) is 4.99 Å². The highest BCUT2D eigenvalue weighted by atomic mass is 15.2. The van der Waals surface area contributed by atoms with Gasteiger partial charge in [-0.2, -0.15) is 0 Å². The van der Waals surface area contributed by atoms with Crippen molar-refractivity contribution in [2.45, 2.75) is 53.1 Å². The first-order chi connectivity index (χ1) is 8.04. The van der Waals surface area contributed by atoms with Gasteiger partial charge >= 0.3 is 0 Å². The van der Waals surface area contributed by atoms with Crippen molar-refractivity contribution in [3.8, 4) is 0 Å². The molecule has 0 radical (unpaired) electrons. The number of likely N-dealkylation sites (N-methyl/N-ethyl adjacent to an activating group) is 1. The highest BCUT2D eigenvalue weighted by molar-refractivity contribution is 5.79. The standard InChI is InChI=1S/C13H30N4/c1-7-12(5)16-13(14-6)15-9-10-17(8-2)11(3)4/h11-12H,7-10H2,1-6H3,(H2,14,15,16). The number of nitrogens with zero attached hydrogens (tertiary/aromatic N) is 2. The average molecular weight is 242 g/mol. The van der Waals surface area contributed by atoms with Gasteiger partial charge in [-0.15, -0.1) is 0 Å². The minimum Gasteiger partial charge on any atom is -0.355 e. The van der Waals surface area contributed by atoms with Crippen molar-refractivity contribution in [3.05, 3.63) is 0 Å². The van der Waals surface area contributed by atoms with Crippen LogP contribution < -0.4 is 10.6 Å². The number of rotatable bonds is 7. The van der Waals surface area contributed by atoms with E-state index < -0.39 is 0 Å². The van der Waals surface area contributed by atoms with Gasteiger partial charge in [0.15, 0.2) is 5.96 Å². The Morgan fingerprint density at radius 1 is 1.24 bits per heavy atom. The van der Waals surface area contributed by atoms with E-state index in [0.717, 1.165) is 32.0 Å². The second kappa shape index (κ2) is 9.28. The zero-order valence-corrected chi connectivity index (χ0v) is 12.4. The zero-order valence-electron chi connectivity index (χ0n) is 12.4. The van der Waals surface area contributed by atoms with Crippen LogP contribution in [0.3, 0.4) is 0 Å². The van der Waals surface area contributed by atoms with Crippen LogP contribution in [0.4, 0.5) is 0 Å². The fourth-order valence-corrected chi connectivity index (χ4v) is 1.63. The first kappa shape index (κ1) is 16.2. The van der Waals surface area contributed by atoms with Crippen molar-refractivity contribution in [1.29, 1.82) is 0 Å². The summed E-state index contributed by atoms with van der Waals surface area (Å²) in [6, 6.07) is 1.07. The molecule has 0 aliphatic heterocycles. The summed E-state index contributed by atoms with van der Waals surface area (Å²) in [6.07, 6.45) is 1.10. The summed E-state index contributed by atoms with van der Waals surface area (Å²) in [4.78, 5) is 6.65. The largest absolute Gasteiger partial charge is 0.355 e. The smallest absolute Gasteiger partial charge is 0.191 e. The van der Waals surface area contributed by atoms with Crippen LogP contribution >= 0.6 is 0 Å². The normalized spacial score (nSPS) is 14.2. The van der Waals surface area contributed by atoms with E-state index in [1.165, 1.54) is 0 Å². The maximum atomic E-state index is 4.22. The van der Waals surface area contributed by atoms with Gasteiger partial charge in [0.1, 0.15) is 0 Å². The molecule has 4 nitrogen and oxygen atoms in total. The Bertz CT molecular complexity index is 213. The van der Waals surface area contributed by atoms with Crippen LogP contribution in [-0.2, 0) is 0 Å². The van der Waals surface area contributed by atoms with Crippen molar-refractivity contribution in [2.75, 3.05) is 26.7 Å². The molecule has 1 unspecified atom stereocenters. The van der Waals surface area contributed by atoms with E-state index in [1.807, 2.05) is 7.05 Å². The number of aliphatic imine (C=N–C) groups is 1. The third kappa shape index (κ3) is 7.21. The SMILES string of the molecule is CCC(C)NC(=NC)NCCN(CC)C(C)C. The van der Waals surface area contributed by atoms with Gasteiger partial charge in [0.2, 0.25) is 0 Å². The van der Waals surface area contributed by atoms with Crippen LogP contribution in [0.1, 0.15) is 41.0 Å². The Labute approximate surface area is 107 Å². The average Bonchev–Trinajstić information content (AvgIpc) is 2.32. The zero-order chi connectivity index (χ0) is 13.3. The minimum atomic E-state index is 0.466. The van der Waals surface area contributed by atoms with Gasteiger partial charge in [-0.1, -0.05) is 13.8 Å². The molecule has 0 heterocycles. The Hall–Kier alpha value is -0.770. The molecule has 102 valence electrons. The fourth-order valence-electron chi connectivity index (χ4n) is 1.63. The summed E-state index contributed by atoms with van der Waals surface area (Å²) in [6.45, 7) is 14.1. The molecule has 0 aromatic rings. The monoisotopic (exact) mass is 242 g/mol. The van der Waals surface area contributed by atoms with Crippen molar-refractivity contribution >= 4 is 5.96 Å². The molecule has 2 N–H and O–H groups in total. The van der Waals surface area contributed by atoms with E-state index in [9.17, 15) is 0 Å². The fraction of sp³-hybridized carbons (Fsp3) is 0.923. The molecule has 0 saturated heterocycles. The first-order valence-corrected chi connectivity index (χ1v) is 6.76. The summed E-state index contributed by atoms with van der Waals surface area (Å²) in [5, 5.41) is 6.71. The predicted octanol–water partition coefficient (Wildman–Crippen LogP) is 1.68. The molecule has 0 rings (SSSR count). The van der Waals surface area contributed by atoms with Gasteiger partial charge in [-0.05, 0) is 33.7 Å². The molecule has 1 atom stereocenters. The summed E-state index contributed by atoms with van der Waals surface area (Å²) in [7, 11) is 1.82. The molecule has 0 saturated carbocycles. The molecule has 4 heteroatoms. The lowest BCUT2D eigenvalue weighted by molar-refractivity contribution is 0.237. The molecule has 0 spiro atoms. The molecular formula is C13H30N4. The molecule has 0 fully saturated rings. The van der Waals surface area contributed by atoms with Crippen molar-refractivity contribution in [1.82, 2.24) is 15.5 Å². The van der Waals surface area contributed by atoms with E-state index in [4.69, 9.17) is 0 Å². The molecule has 17 heavy (non-hydrogen) atoms. The summed E-state index contributed by atoms with van der Waals surface area (Å²) in [5.74, 6) is 0.902. The molecular weight excluding hydrogens is 212 g/mol. The molecule has 0 bridgehead atoms. The Kier molecular flexibility index (Phi) is 8.86. The quantitative estimate of drug-likeness (QED) is 0.527. The lowest BCUT2D eigenvalue weighted by atomic mass is 10.3. The molecule has 0 aromatic heterocycles. The van der Waals surface area contributed by atoms with Crippen molar-refractivity contribution in [2.24, 2.45) is 4.99 Å². The van der Waals surface area contributed by atoms with E-state index in [2.05, 4.69) is 55.1 Å². The highest BCUT2D eigenvalue weighted by Gasteiger charge is 2.07. The second-order valence-electron chi connectivity index (χ2n) is 4.67. The summed E-state index contributed by atoms with van der Waals surface area (Å²) in [5.41, 5.74) is 0. The maximum Gasteiger partial charge on any atom is 0.191 e.